The molecule has 0 radical (unpaired) electrons. The van der Waals surface area contributed by atoms with Crippen molar-refractivity contribution in [3.63, 3.8) is 0 Å². The zero-order valence-corrected chi connectivity index (χ0v) is 15.4. The molecule has 2 aliphatic rings. The van der Waals surface area contributed by atoms with Crippen molar-refractivity contribution >= 4 is 5.91 Å². The summed E-state index contributed by atoms with van der Waals surface area (Å²) in [5.41, 5.74) is 1.07. The molecule has 138 valence electrons. The van der Waals surface area contributed by atoms with Crippen LogP contribution in [0.4, 0.5) is 0 Å². The van der Waals surface area contributed by atoms with Crippen molar-refractivity contribution in [3.05, 3.63) is 29.8 Å². The number of nitrogens with zero attached hydrogens (tertiary/aromatic N) is 2. The Morgan fingerprint density at radius 3 is 2.96 bits per heavy atom. The molecule has 25 heavy (non-hydrogen) atoms. The molecular formula is C19H28N2O4. The van der Waals surface area contributed by atoms with Crippen molar-refractivity contribution in [2.45, 2.75) is 31.1 Å². The van der Waals surface area contributed by atoms with Gasteiger partial charge in [0.05, 0.1) is 25.4 Å². The maximum atomic E-state index is 11.7. The van der Waals surface area contributed by atoms with E-state index in [9.17, 15) is 4.79 Å². The minimum absolute atomic E-state index is 0.00910. The molecule has 6 nitrogen and oxygen atoms in total. The van der Waals surface area contributed by atoms with E-state index in [0.717, 1.165) is 38.2 Å². The Labute approximate surface area is 149 Å². The quantitative estimate of drug-likeness (QED) is 0.780. The molecule has 1 spiro atoms. The molecule has 0 saturated carbocycles. The van der Waals surface area contributed by atoms with Gasteiger partial charge in [-0.1, -0.05) is 18.2 Å². The lowest BCUT2D eigenvalue weighted by atomic mass is 9.98. The predicted molar refractivity (Wildman–Crippen MR) is 94.6 cm³/mol. The molecule has 3 rings (SSSR count). The molecule has 6 heteroatoms. The fraction of sp³-hybridized carbons (Fsp3) is 0.632. The molecule has 2 atom stereocenters. The summed E-state index contributed by atoms with van der Waals surface area (Å²) in [5, 5.41) is 0. The summed E-state index contributed by atoms with van der Waals surface area (Å²) in [6.45, 7) is 3.46. The number of hydrogen-bond donors (Lipinski definition) is 0. The summed E-state index contributed by atoms with van der Waals surface area (Å²) < 4.78 is 17.3. The first-order chi connectivity index (χ1) is 12.0. The van der Waals surface area contributed by atoms with E-state index >= 15 is 0 Å². The summed E-state index contributed by atoms with van der Waals surface area (Å²) in [7, 11) is 5.19. The van der Waals surface area contributed by atoms with Gasteiger partial charge in [0.2, 0.25) is 5.91 Å². The normalized spacial score (nSPS) is 26.3. The molecule has 2 aliphatic heterocycles. The van der Waals surface area contributed by atoms with E-state index < -0.39 is 0 Å². The lowest BCUT2D eigenvalue weighted by Gasteiger charge is -2.24. The van der Waals surface area contributed by atoms with Crippen molar-refractivity contribution in [2.75, 3.05) is 47.5 Å². The van der Waals surface area contributed by atoms with E-state index in [2.05, 4.69) is 11.0 Å². The molecular weight excluding hydrogens is 320 g/mol. The number of likely N-dealkylation sites (tertiary alicyclic amines) is 1. The Hall–Kier alpha value is -1.63. The van der Waals surface area contributed by atoms with Crippen molar-refractivity contribution in [1.29, 1.82) is 0 Å². The molecule has 0 aliphatic carbocycles. The molecule has 0 N–H and O–H groups in total. The number of methoxy groups -OCH3 is 1. The minimum atomic E-state index is -0.131. The second-order valence-electron chi connectivity index (χ2n) is 7.19. The second kappa shape index (κ2) is 7.72. The zero-order valence-electron chi connectivity index (χ0n) is 15.4. The van der Waals surface area contributed by atoms with Gasteiger partial charge in [-0.3, -0.25) is 9.69 Å². The third kappa shape index (κ3) is 4.32. The summed E-state index contributed by atoms with van der Waals surface area (Å²) in [6.07, 6.45) is 1.87. The van der Waals surface area contributed by atoms with Crippen LogP contribution in [-0.2, 0) is 20.8 Å². The van der Waals surface area contributed by atoms with Gasteiger partial charge in [-0.15, -0.1) is 0 Å². The lowest BCUT2D eigenvalue weighted by molar-refractivity contribution is -0.135. The first-order valence-electron chi connectivity index (χ1n) is 8.81. The van der Waals surface area contributed by atoms with E-state index in [0.29, 0.717) is 6.61 Å². The van der Waals surface area contributed by atoms with Crippen LogP contribution in [0, 0.1) is 0 Å². The molecule has 0 unspecified atom stereocenters. The van der Waals surface area contributed by atoms with Gasteiger partial charge in [-0.25, -0.2) is 0 Å². The highest BCUT2D eigenvalue weighted by Gasteiger charge is 2.46. The number of carbonyl (C=O) groups is 1. The van der Waals surface area contributed by atoms with Crippen LogP contribution in [0.5, 0.6) is 5.75 Å². The van der Waals surface area contributed by atoms with E-state index in [-0.39, 0.29) is 24.2 Å². The van der Waals surface area contributed by atoms with Crippen LogP contribution in [0.2, 0.25) is 0 Å². The number of ether oxygens (including phenoxy) is 3. The fourth-order valence-electron chi connectivity index (χ4n) is 3.65. The number of para-hydroxylation sites is 1. The Morgan fingerprint density at radius 1 is 1.40 bits per heavy atom. The topological polar surface area (TPSA) is 51.2 Å². The molecule has 0 aromatic heterocycles. The van der Waals surface area contributed by atoms with Gasteiger partial charge >= 0.3 is 0 Å². The minimum Gasteiger partial charge on any atom is -0.496 e. The lowest BCUT2D eigenvalue weighted by Crippen LogP contribution is -2.33. The maximum absolute atomic E-state index is 11.7. The average Bonchev–Trinajstić information content (AvgIpc) is 3.19. The van der Waals surface area contributed by atoms with Crippen LogP contribution in [0.25, 0.3) is 0 Å². The van der Waals surface area contributed by atoms with Crippen LogP contribution < -0.4 is 4.74 Å². The van der Waals surface area contributed by atoms with Crippen molar-refractivity contribution in [1.82, 2.24) is 9.80 Å². The van der Waals surface area contributed by atoms with Crippen LogP contribution in [0.15, 0.2) is 24.3 Å². The second-order valence-corrected chi connectivity index (χ2v) is 7.19. The van der Waals surface area contributed by atoms with E-state index in [1.807, 2.05) is 18.2 Å². The maximum Gasteiger partial charge on any atom is 0.248 e. The van der Waals surface area contributed by atoms with Crippen molar-refractivity contribution in [2.24, 2.45) is 0 Å². The summed E-state index contributed by atoms with van der Waals surface area (Å²) in [4.78, 5) is 15.6. The van der Waals surface area contributed by atoms with Gasteiger partial charge in [-0.2, -0.15) is 0 Å². The van der Waals surface area contributed by atoms with Crippen LogP contribution in [-0.4, -0.2) is 74.9 Å². The number of hydrogen-bond acceptors (Lipinski definition) is 5. The highest BCUT2D eigenvalue weighted by Crippen LogP contribution is 2.37. The highest BCUT2D eigenvalue weighted by atomic mass is 16.6. The van der Waals surface area contributed by atoms with Gasteiger partial charge in [-0.05, 0) is 12.5 Å². The number of benzene rings is 1. The first-order valence-corrected chi connectivity index (χ1v) is 8.81. The Balaban J connectivity index is 1.51. The fourth-order valence-corrected chi connectivity index (χ4v) is 3.65. The van der Waals surface area contributed by atoms with Crippen LogP contribution in [0.1, 0.15) is 18.4 Å². The smallest absolute Gasteiger partial charge is 0.248 e. The van der Waals surface area contributed by atoms with Gasteiger partial charge in [0.1, 0.15) is 12.4 Å². The van der Waals surface area contributed by atoms with Gasteiger partial charge in [0, 0.05) is 45.7 Å². The standard InChI is InChI=1S/C19H28N2O4/c1-20(2)18(22)13-24-16-10-19(25-12-16)8-9-21(14-19)11-15-6-4-5-7-17(15)23-3/h4-7,16H,8-14H2,1-3H3/t16-,19+/m1/s1. The van der Waals surface area contributed by atoms with Gasteiger partial charge in [0.25, 0.3) is 0 Å². The molecule has 0 bridgehead atoms. The monoisotopic (exact) mass is 348 g/mol. The third-order valence-corrected chi connectivity index (χ3v) is 5.10. The van der Waals surface area contributed by atoms with Crippen molar-refractivity contribution < 1.29 is 19.0 Å². The molecule has 1 aromatic rings. The van der Waals surface area contributed by atoms with E-state index in [1.165, 1.54) is 5.56 Å². The largest absolute Gasteiger partial charge is 0.496 e. The zero-order chi connectivity index (χ0) is 17.9. The molecule has 1 aromatic carbocycles. The average molecular weight is 348 g/mol. The van der Waals surface area contributed by atoms with Crippen LogP contribution in [0.3, 0.4) is 0 Å². The van der Waals surface area contributed by atoms with Gasteiger partial charge < -0.3 is 19.1 Å². The number of amides is 1. The molecule has 2 fully saturated rings. The number of rotatable bonds is 6. The number of carbonyl (C=O) groups excluding carboxylic acids is 1. The summed E-state index contributed by atoms with van der Waals surface area (Å²) in [6, 6.07) is 8.14. The molecule has 2 heterocycles. The van der Waals surface area contributed by atoms with E-state index in [1.54, 1.807) is 26.1 Å². The Bertz CT molecular complexity index is 607. The Morgan fingerprint density at radius 2 is 2.20 bits per heavy atom. The number of likely N-dealkylation sites (N-methyl/N-ethyl adjacent to an activating group) is 1. The summed E-state index contributed by atoms with van der Waals surface area (Å²) in [5.74, 6) is 0.921. The highest BCUT2D eigenvalue weighted by molar-refractivity contribution is 5.76. The van der Waals surface area contributed by atoms with Crippen LogP contribution >= 0.6 is 0 Å². The predicted octanol–water partition coefficient (Wildman–Crippen LogP) is 1.53. The first kappa shape index (κ1) is 18.2. The Kier molecular flexibility index (Phi) is 5.61. The SMILES string of the molecule is COc1ccccc1CN1CC[C@]2(C[C@@H](OCC(=O)N(C)C)CO2)C1. The summed E-state index contributed by atoms with van der Waals surface area (Å²) >= 11 is 0. The third-order valence-electron chi connectivity index (χ3n) is 5.10. The molecule has 2 saturated heterocycles. The van der Waals surface area contributed by atoms with Gasteiger partial charge in [0.15, 0.2) is 0 Å². The van der Waals surface area contributed by atoms with E-state index in [4.69, 9.17) is 14.2 Å². The molecule has 1 amide bonds. The van der Waals surface area contributed by atoms with Crippen molar-refractivity contribution in [3.8, 4) is 5.75 Å².